The van der Waals surface area contributed by atoms with E-state index < -0.39 is 5.60 Å². The molecule has 0 aromatic heterocycles. The molecule has 118 valence electrons. The van der Waals surface area contributed by atoms with Crippen LogP contribution in [0.25, 0.3) is 0 Å². The van der Waals surface area contributed by atoms with Crippen LogP contribution in [-0.4, -0.2) is 23.8 Å². The molecule has 0 unspecified atom stereocenters. The molecule has 0 saturated heterocycles. The fourth-order valence-electron chi connectivity index (χ4n) is 1.89. The summed E-state index contributed by atoms with van der Waals surface area (Å²) in [5, 5.41) is 6.33. The van der Waals surface area contributed by atoms with E-state index in [1.165, 1.54) is 5.56 Å². The molecule has 0 fully saturated rings. The molecule has 0 aliphatic heterocycles. The van der Waals surface area contributed by atoms with E-state index in [4.69, 9.17) is 4.74 Å². The van der Waals surface area contributed by atoms with Crippen molar-refractivity contribution in [1.29, 1.82) is 0 Å². The second-order valence-corrected chi connectivity index (χ2v) is 7.02. The molecule has 21 heavy (non-hydrogen) atoms. The summed E-state index contributed by atoms with van der Waals surface area (Å²) in [5.74, 6) is 0. The van der Waals surface area contributed by atoms with E-state index in [1.807, 2.05) is 52.8 Å². The number of hydrogen-bond donors (Lipinski definition) is 2. The van der Waals surface area contributed by atoms with Crippen molar-refractivity contribution >= 4 is 6.09 Å². The van der Waals surface area contributed by atoms with Gasteiger partial charge in [0, 0.05) is 12.6 Å². The van der Waals surface area contributed by atoms with Gasteiger partial charge >= 0.3 is 6.09 Å². The van der Waals surface area contributed by atoms with Crippen molar-refractivity contribution in [1.82, 2.24) is 10.6 Å². The molecule has 2 N–H and O–H groups in total. The standard InChI is InChI=1S/C17H28N2O2/c1-13(14-10-8-7-9-11-14)18-12-17(5,6)19-15(20)21-16(2,3)4/h7-11,13,18H,12H2,1-6H3,(H,19,20)/t13-/m1/s1. The Morgan fingerprint density at radius 2 is 1.71 bits per heavy atom. The monoisotopic (exact) mass is 292 g/mol. The van der Waals surface area contributed by atoms with Crippen molar-refractivity contribution in [3.63, 3.8) is 0 Å². The van der Waals surface area contributed by atoms with Crippen LogP contribution in [0.4, 0.5) is 4.79 Å². The summed E-state index contributed by atoms with van der Waals surface area (Å²) >= 11 is 0. The van der Waals surface area contributed by atoms with Gasteiger partial charge in [0.1, 0.15) is 5.60 Å². The number of hydrogen-bond acceptors (Lipinski definition) is 3. The van der Waals surface area contributed by atoms with E-state index >= 15 is 0 Å². The average Bonchev–Trinajstić information content (AvgIpc) is 2.34. The molecular formula is C17H28N2O2. The van der Waals surface area contributed by atoms with Gasteiger partial charge in [0.15, 0.2) is 0 Å². The van der Waals surface area contributed by atoms with E-state index in [0.29, 0.717) is 6.54 Å². The number of amides is 1. The van der Waals surface area contributed by atoms with Gasteiger partial charge in [-0.1, -0.05) is 30.3 Å². The van der Waals surface area contributed by atoms with E-state index in [9.17, 15) is 4.79 Å². The van der Waals surface area contributed by atoms with Crippen LogP contribution in [0.5, 0.6) is 0 Å². The number of nitrogens with one attached hydrogen (secondary N) is 2. The molecule has 0 saturated carbocycles. The van der Waals surface area contributed by atoms with Gasteiger partial charge in [0.25, 0.3) is 0 Å². The maximum Gasteiger partial charge on any atom is 0.408 e. The topological polar surface area (TPSA) is 50.4 Å². The molecule has 1 aromatic rings. The lowest BCUT2D eigenvalue weighted by Gasteiger charge is -2.30. The van der Waals surface area contributed by atoms with Crippen LogP contribution in [0.3, 0.4) is 0 Å². The lowest BCUT2D eigenvalue weighted by atomic mass is 10.0. The molecule has 0 bridgehead atoms. The lowest BCUT2D eigenvalue weighted by Crippen LogP contribution is -2.51. The first-order chi connectivity index (χ1) is 9.59. The Morgan fingerprint density at radius 3 is 2.24 bits per heavy atom. The minimum absolute atomic E-state index is 0.228. The van der Waals surface area contributed by atoms with Crippen LogP contribution in [0, 0.1) is 0 Å². The molecule has 0 heterocycles. The van der Waals surface area contributed by atoms with Gasteiger partial charge in [-0.2, -0.15) is 0 Å². The molecule has 1 atom stereocenters. The lowest BCUT2D eigenvalue weighted by molar-refractivity contribution is 0.0471. The number of carbonyl (C=O) groups is 1. The van der Waals surface area contributed by atoms with Crippen molar-refractivity contribution in [3.8, 4) is 0 Å². The first-order valence-electron chi connectivity index (χ1n) is 7.38. The minimum atomic E-state index is -0.481. The van der Waals surface area contributed by atoms with Crippen molar-refractivity contribution in [3.05, 3.63) is 35.9 Å². The second kappa shape index (κ2) is 6.94. The molecule has 4 nitrogen and oxygen atoms in total. The van der Waals surface area contributed by atoms with Gasteiger partial charge in [0.2, 0.25) is 0 Å². The zero-order chi connectivity index (χ0) is 16.1. The molecule has 4 heteroatoms. The summed E-state index contributed by atoms with van der Waals surface area (Å²) in [6, 6.07) is 10.5. The van der Waals surface area contributed by atoms with Crippen LogP contribution in [0.2, 0.25) is 0 Å². The first kappa shape index (κ1) is 17.5. The zero-order valence-electron chi connectivity index (χ0n) is 14.0. The van der Waals surface area contributed by atoms with E-state index in [0.717, 1.165) is 0 Å². The fraction of sp³-hybridized carbons (Fsp3) is 0.588. The SMILES string of the molecule is C[C@@H](NCC(C)(C)NC(=O)OC(C)(C)C)c1ccccc1. The predicted octanol–water partition coefficient (Wildman–Crippen LogP) is 3.64. The van der Waals surface area contributed by atoms with Crippen molar-refractivity contribution in [2.24, 2.45) is 0 Å². The van der Waals surface area contributed by atoms with Crippen LogP contribution in [-0.2, 0) is 4.74 Å². The predicted molar refractivity (Wildman–Crippen MR) is 86.3 cm³/mol. The quantitative estimate of drug-likeness (QED) is 0.871. The molecule has 0 radical (unpaired) electrons. The van der Waals surface area contributed by atoms with Crippen molar-refractivity contribution in [2.45, 2.75) is 58.7 Å². The highest BCUT2D eigenvalue weighted by Gasteiger charge is 2.24. The van der Waals surface area contributed by atoms with Crippen LogP contribution < -0.4 is 10.6 Å². The zero-order valence-corrected chi connectivity index (χ0v) is 14.0. The first-order valence-corrected chi connectivity index (χ1v) is 7.38. The van der Waals surface area contributed by atoms with Crippen LogP contribution in [0.15, 0.2) is 30.3 Å². The molecular weight excluding hydrogens is 264 g/mol. The Bertz CT molecular complexity index is 450. The Hall–Kier alpha value is -1.55. The van der Waals surface area contributed by atoms with Gasteiger partial charge in [-0.3, -0.25) is 0 Å². The number of ether oxygens (including phenoxy) is 1. The number of benzene rings is 1. The fourth-order valence-corrected chi connectivity index (χ4v) is 1.89. The van der Waals surface area contributed by atoms with Crippen LogP contribution >= 0.6 is 0 Å². The summed E-state index contributed by atoms with van der Waals surface area (Å²) in [6.45, 7) is 12.3. The summed E-state index contributed by atoms with van der Waals surface area (Å²) in [7, 11) is 0. The van der Waals surface area contributed by atoms with Crippen molar-refractivity contribution in [2.75, 3.05) is 6.54 Å². The summed E-state index contributed by atoms with van der Waals surface area (Å²) in [4.78, 5) is 11.8. The summed E-state index contributed by atoms with van der Waals surface area (Å²) in [6.07, 6.45) is -0.387. The molecule has 0 aliphatic carbocycles. The molecule has 0 aliphatic rings. The summed E-state index contributed by atoms with van der Waals surface area (Å²) < 4.78 is 5.29. The third kappa shape index (κ3) is 7.14. The third-order valence-corrected chi connectivity index (χ3v) is 2.99. The number of rotatable bonds is 5. The summed E-state index contributed by atoms with van der Waals surface area (Å²) in [5.41, 5.74) is 0.363. The maximum absolute atomic E-state index is 11.8. The Morgan fingerprint density at radius 1 is 1.14 bits per heavy atom. The maximum atomic E-state index is 11.8. The second-order valence-electron chi connectivity index (χ2n) is 7.02. The highest BCUT2D eigenvalue weighted by Crippen LogP contribution is 2.13. The number of carbonyl (C=O) groups excluding carboxylic acids is 1. The van der Waals surface area contributed by atoms with Crippen LogP contribution in [0.1, 0.15) is 53.1 Å². The Balaban J connectivity index is 2.47. The van der Waals surface area contributed by atoms with Gasteiger partial charge in [-0.25, -0.2) is 4.79 Å². The molecule has 0 spiro atoms. The van der Waals surface area contributed by atoms with Gasteiger partial charge in [0.05, 0.1) is 5.54 Å². The van der Waals surface area contributed by atoms with Crippen molar-refractivity contribution < 1.29 is 9.53 Å². The molecule has 1 amide bonds. The average molecular weight is 292 g/mol. The molecule has 1 aromatic carbocycles. The van der Waals surface area contributed by atoms with E-state index in [2.05, 4.69) is 29.7 Å². The molecule has 1 rings (SSSR count). The highest BCUT2D eigenvalue weighted by atomic mass is 16.6. The highest BCUT2D eigenvalue weighted by molar-refractivity contribution is 5.68. The van der Waals surface area contributed by atoms with Gasteiger partial charge in [-0.05, 0) is 47.1 Å². The van der Waals surface area contributed by atoms with E-state index in [-0.39, 0.29) is 17.7 Å². The number of alkyl carbamates (subject to hydrolysis) is 1. The third-order valence-electron chi connectivity index (χ3n) is 2.99. The normalized spacial score (nSPS) is 13.6. The minimum Gasteiger partial charge on any atom is -0.444 e. The smallest absolute Gasteiger partial charge is 0.408 e. The van der Waals surface area contributed by atoms with E-state index in [1.54, 1.807) is 0 Å². The Labute approximate surface area is 128 Å². The van der Waals surface area contributed by atoms with Gasteiger partial charge in [-0.15, -0.1) is 0 Å². The Kier molecular flexibility index (Phi) is 5.78. The van der Waals surface area contributed by atoms with Gasteiger partial charge < -0.3 is 15.4 Å². The largest absolute Gasteiger partial charge is 0.444 e.